The maximum Gasteiger partial charge on any atom is 0.264 e. The van der Waals surface area contributed by atoms with Gasteiger partial charge in [-0.15, -0.1) is 0 Å². The number of hydrogen-bond acceptors (Lipinski definition) is 5. The number of sulfonamides is 1. The lowest BCUT2D eigenvalue weighted by atomic mass is 10.0. The zero-order valence-electron chi connectivity index (χ0n) is 26.8. The molecular weight excluding hydrogens is 685 g/mol. The van der Waals surface area contributed by atoms with Crippen LogP contribution in [0.25, 0.3) is 0 Å². The Kier molecular flexibility index (Phi) is 12.2. The number of anilines is 1. The van der Waals surface area contributed by atoms with Crippen molar-refractivity contribution < 1.29 is 27.1 Å². The first kappa shape index (κ1) is 35.6. The number of halogens is 2. The quantitative estimate of drug-likeness (QED) is 0.160. The largest absolute Gasteiger partial charge is 0.496 e. The molecule has 8 nitrogen and oxygen atoms in total. The molecule has 47 heavy (non-hydrogen) atoms. The molecular formula is C36H39BrFN3O5S. The molecule has 0 saturated carbocycles. The van der Waals surface area contributed by atoms with Gasteiger partial charge in [0.25, 0.3) is 10.0 Å². The normalized spacial score (nSPS) is 12.0. The molecule has 0 aromatic heterocycles. The van der Waals surface area contributed by atoms with Crippen molar-refractivity contribution in [3.8, 4) is 5.75 Å². The van der Waals surface area contributed by atoms with E-state index in [1.807, 2.05) is 51.1 Å². The summed E-state index contributed by atoms with van der Waals surface area (Å²) in [5.41, 5.74) is 2.59. The Morgan fingerprint density at radius 2 is 1.57 bits per heavy atom. The minimum Gasteiger partial charge on any atom is -0.496 e. The highest BCUT2D eigenvalue weighted by atomic mass is 79.9. The number of aryl methyl sites for hydroxylation is 1. The number of carbonyl (C=O) groups excluding carboxylic acids is 2. The topological polar surface area (TPSA) is 96.0 Å². The summed E-state index contributed by atoms with van der Waals surface area (Å²) in [6.07, 6.45) is 0.181. The van der Waals surface area contributed by atoms with Crippen molar-refractivity contribution in [1.29, 1.82) is 0 Å². The lowest BCUT2D eigenvalue weighted by molar-refractivity contribution is -0.140. The predicted molar refractivity (Wildman–Crippen MR) is 185 cm³/mol. The van der Waals surface area contributed by atoms with Crippen molar-refractivity contribution in [3.05, 3.63) is 124 Å². The lowest BCUT2D eigenvalue weighted by Crippen LogP contribution is -2.53. The summed E-state index contributed by atoms with van der Waals surface area (Å²) in [4.78, 5) is 29.7. The van der Waals surface area contributed by atoms with Crippen LogP contribution in [-0.2, 0) is 32.6 Å². The molecule has 1 N–H and O–H groups in total. The van der Waals surface area contributed by atoms with Crippen LogP contribution in [0.4, 0.5) is 10.1 Å². The minimum atomic E-state index is -4.30. The molecule has 2 amide bonds. The van der Waals surface area contributed by atoms with E-state index in [2.05, 4.69) is 21.2 Å². The fourth-order valence-corrected chi connectivity index (χ4v) is 7.07. The number of benzene rings is 4. The first-order valence-electron chi connectivity index (χ1n) is 15.2. The number of ether oxygens (including phenoxy) is 1. The molecule has 0 aliphatic carbocycles. The highest BCUT2D eigenvalue weighted by molar-refractivity contribution is 9.10. The Labute approximate surface area is 284 Å². The minimum absolute atomic E-state index is 0.0540. The van der Waals surface area contributed by atoms with Crippen LogP contribution < -0.4 is 14.4 Å². The molecule has 0 fully saturated rings. The van der Waals surface area contributed by atoms with Crippen molar-refractivity contribution in [2.75, 3.05) is 24.5 Å². The zero-order valence-corrected chi connectivity index (χ0v) is 29.2. The Hall–Kier alpha value is -4.22. The first-order valence-corrected chi connectivity index (χ1v) is 17.4. The van der Waals surface area contributed by atoms with E-state index in [4.69, 9.17) is 4.74 Å². The maximum atomic E-state index is 14.5. The molecule has 0 heterocycles. The summed E-state index contributed by atoms with van der Waals surface area (Å²) in [5.74, 6) is -0.815. The third-order valence-corrected chi connectivity index (χ3v) is 9.92. The lowest BCUT2D eigenvalue weighted by Gasteiger charge is -2.34. The molecule has 0 unspecified atom stereocenters. The number of methoxy groups -OCH3 is 1. The molecule has 0 saturated heterocycles. The van der Waals surface area contributed by atoms with Crippen LogP contribution in [0.1, 0.15) is 30.5 Å². The van der Waals surface area contributed by atoms with Gasteiger partial charge in [-0.05, 0) is 82.4 Å². The second kappa shape index (κ2) is 16.1. The molecule has 4 aromatic carbocycles. The van der Waals surface area contributed by atoms with E-state index in [9.17, 15) is 22.4 Å². The Morgan fingerprint density at radius 1 is 0.915 bits per heavy atom. The van der Waals surface area contributed by atoms with Crippen LogP contribution in [-0.4, -0.2) is 51.4 Å². The van der Waals surface area contributed by atoms with Gasteiger partial charge in [0.05, 0.1) is 22.2 Å². The van der Waals surface area contributed by atoms with Crippen molar-refractivity contribution in [1.82, 2.24) is 10.2 Å². The third kappa shape index (κ3) is 9.42. The standard InChI is InChI=1S/C36H39BrFN3O5S/c1-25(2)22-39-36(43)33(20-27-8-6-5-7-9-27)40(23-28-12-14-29(38)15-13-28)35(42)24-41(30-16-10-26(3)11-17-30)47(44,45)31-18-19-34(46-4)32(37)21-31/h5-19,21,25,33H,20,22-24H2,1-4H3,(H,39,43)/t33-/m1/s1. The van der Waals surface area contributed by atoms with E-state index >= 15 is 0 Å². The molecule has 0 spiro atoms. The SMILES string of the molecule is COc1ccc(S(=O)(=O)N(CC(=O)N(Cc2ccc(F)cc2)[C@H](Cc2ccccc2)C(=O)NCC(C)C)c2ccc(C)cc2)cc1Br. The van der Waals surface area contributed by atoms with Gasteiger partial charge < -0.3 is 15.0 Å². The van der Waals surface area contributed by atoms with Crippen LogP contribution in [0.5, 0.6) is 5.75 Å². The summed E-state index contributed by atoms with van der Waals surface area (Å²) in [6, 6.07) is 25.1. The van der Waals surface area contributed by atoms with Gasteiger partial charge in [0.15, 0.2) is 0 Å². The Bertz CT molecular complexity index is 1770. The van der Waals surface area contributed by atoms with E-state index in [-0.39, 0.29) is 35.4 Å². The number of nitrogens with zero attached hydrogens (tertiary/aromatic N) is 2. The van der Waals surface area contributed by atoms with E-state index in [0.29, 0.717) is 22.3 Å². The van der Waals surface area contributed by atoms with Gasteiger partial charge >= 0.3 is 0 Å². The summed E-state index contributed by atoms with van der Waals surface area (Å²) in [5, 5.41) is 2.96. The van der Waals surface area contributed by atoms with E-state index in [0.717, 1.165) is 15.4 Å². The van der Waals surface area contributed by atoms with Crippen molar-refractivity contribution in [2.24, 2.45) is 5.92 Å². The van der Waals surface area contributed by atoms with Crippen LogP contribution in [0.3, 0.4) is 0 Å². The average Bonchev–Trinajstić information content (AvgIpc) is 3.05. The number of rotatable bonds is 14. The molecule has 248 valence electrons. The molecule has 1 atom stereocenters. The molecule has 0 aliphatic rings. The van der Waals surface area contributed by atoms with Gasteiger partial charge in [-0.1, -0.05) is 74.0 Å². The summed E-state index contributed by atoms with van der Waals surface area (Å²) in [7, 11) is -2.82. The van der Waals surface area contributed by atoms with Crippen LogP contribution in [0.2, 0.25) is 0 Å². The van der Waals surface area contributed by atoms with Gasteiger partial charge in [0.2, 0.25) is 11.8 Å². The van der Waals surface area contributed by atoms with Gasteiger partial charge in [-0.2, -0.15) is 0 Å². The van der Waals surface area contributed by atoms with Crippen molar-refractivity contribution >= 4 is 43.5 Å². The van der Waals surface area contributed by atoms with Gasteiger partial charge in [0.1, 0.15) is 24.2 Å². The molecule has 0 bridgehead atoms. The van der Waals surface area contributed by atoms with Crippen LogP contribution in [0.15, 0.2) is 106 Å². The first-order chi connectivity index (χ1) is 22.4. The maximum absolute atomic E-state index is 14.5. The van der Waals surface area contributed by atoms with Gasteiger partial charge in [-0.3, -0.25) is 13.9 Å². The van der Waals surface area contributed by atoms with E-state index in [1.54, 1.807) is 36.4 Å². The van der Waals surface area contributed by atoms with Crippen molar-refractivity contribution in [3.63, 3.8) is 0 Å². The second-order valence-electron chi connectivity index (χ2n) is 11.6. The predicted octanol–water partition coefficient (Wildman–Crippen LogP) is 6.51. The average molecular weight is 725 g/mol. The fraction of sp³-hybridized carbons (Fsp3) is 0.278. The second-order valence-corrected chi connectivity index (χ2v) is 14.4. The fourth-order valence-electron chi connectivity index (χ4n) is 4.94. The van der Waals surface area contributed by atoms with Crippen LogP contribution >= 0.6 is 15.9 Å². The van der Waals surface area contributed by atoms with E-state index in [1.165, 1.54) is 42.3 Å². The monoisotopic (exact) mass is 723 g/mol. The highest BCUT2D eigenvalue weighted by Crippen LogP contribution is 2.31. The smallest absolute Gasteiger partial charge is 0.264 e. The van der Waals surface area contributed by atoms with Crippen molar-refractivity contribution in [2.45, 2.75) is 44.7 Å². The molecule has 11 heteroatoms. The number of carbonyl (C=O) groups is 2. The third-order valence-electron chi connectivity index (χ3n) is 7.53. The van der Waals surface area contributed by atoms with Crippen LogP contribution in [0, 0.1) is 18.7 Å². The van der Waals surface area contributed by atoms with E-state index < -0.39 is 34.3 Å². The summed E-state index contributed by atoms with van der Waals surface area (Å²) < 4.78 is 49.2. The molecule has 4 aromatic rings. The zero-order chi connectivity index (χ0) is 34.1. The highest BCUT2D eigenvalue weighted by Gasteiger charge is 2.35. The molecule has 0 radical (unpaired) electrons. The molecule has 0 aliphatic heterocycles. The number of hydrogen-bond donors (Lipinski definition) is 1. The van der Waals surface area contributed by atoms with Gasteiger partial charge in [0, 0.05) is 19.5 Å². The van der Waals surface area contributed by atoms with Gasteiger partial charge in [-0.25, -0.2) is 12.8 Å². The number of amides is 2. The molecule has 4 rings (SSSR count). The Balaban J connectivity index is 1.80. The number of nitrogens with one attached hydrogen (secondary N) is 1. The summed E-state index contributed by atoms with van der Waals surface area (Å²) in [6.45, 7) is 5.55. The Morgan fingerprint density at radius 3 is 2.17 bits per heavy atom. The summed E-state index contributed by atoms with van der Waals surface area (Å²) >= 11 is 3.37.